The van der Waals surface area contributed by atoms with Crippen molar-refractivity contribution in [2.45, 2.75) is 45.6 Å². The summed E-state index contributed by atoms with van der Waals surface area (Å²) in [4.78, 5) is 11.5. The summed E-state index contributed by atoms with van der Waals surface area (Å²) in [7, 11) is 1.61. The monoisotopic (exact) mass is 202 g/mol. The highest BCUT2D eigenvalue weighted by atomic mass is 16.5. The quantitative estimate of drug-likeness (QED) is 0.610. The maximum absolute atomic E-state index is 11.5. The van der Waals surface area contributed by atoms with Crippen molar-refractivity contribution in [1.29, 1.82) is 0 Å². The summed E-state index contributed by atoms with van der Waals surface area (Å²) < 4.78 is 4.85. The van der Waals surface area contributed by atoms with Crippen molar-refractivity contribution < 1.29 is 14.6 Å². The van der Waals surface area contributed by atoms with E-state index in [4.69, 9.17) is 4.74 Å². The van der Waals surface area contributed by atoms with Gasteiger partial charge in [-0.25, -0.2) is 0 Å². The minimum Gasteiger partial charge on any atom is -0.385 e. The van der Waals surface area contributed by atoms with Gasteiger partial charge < -0.3 is 9.84 Å². The predicted octanol–water partition coefficient (Wildman–Crippen LogP) is 1.78. The van der Waals surface area contributed by atoms with Crippen LogP contribution in [0.4, 0.5) is 0 Å². The number of Topliss-reactive ketones (excluding diaryl/α,β-unsaturated/α-hetero) is 1. The van der Waals surface area contributed by atoms with E-state index in [0.717, 1.165) is 12.8 Å². The van der Waals surface area contributed by atoms with Crippen LogP contribution in [0.2, 0.25) is 0 Å². The van der Waals surface area contributed by atoms with Crippen molar-refractivity contribution in [3.8, 4) is 0 Å². The number of ketones is 1. The van der Waals surface area contributed by atoms with E-state index in [-0.39, 0.29) is 11.7 Å². The van der Waals surface area contributed by atoms with Crippen LogP contribution in [0.1, 0.15) is 39.5 Å². The molecule has 0 aliphatic heterocycles. The van der Waals surface area contributed by atoms with Gasteiger partial charge in [0.15, 0.2) is 5.78 Å². The molecule has 0 spiro atoms. The lowest BCUT2D eigenvalue weighted by atomic mass is 9.92. The molecule has 0 aromatic carbocycles. The highest BCUT2D eigenvalue weighted by Crippen LogP contribution is 2.15. The molecule has 1 N–H and O–H groups in total. The summed E-state index contributed by atoms with van der Waals surface area (Å²) in [6.45, 7) is 4.58. The molecule has 14 heavy (non-hydrogen) atoms. The van der Waals surface area contributed by atoms with E-state index in [1.807, 2.05) is 13.8 Å². The fourth-order valence-electron chi connectivity index (χ4n) is 1.54. The van der Waals surface area contributed by atoms with Gasteiger partial charge in [-0.15, -0.1) is 0 Å². The van der Waals surface area contributed by atoms with E-state index in [1.165, 1.54) is 0 Å². The third kappa shape index (κ3) is 4.72. The zero-order valence-corrected chi connectivity index (χ0v) is 9.45. The topological polar surface area (TPSA) is 46.5 Å². The first-order valence-electron chi connectivity index (χ1n) is 5.37. The third-order valence-corrected chi connectivity index (χ3v) is 2.60. The van der Waals surface area contributed by atoms with Gasteiger partial charge in [0.2, 0.25) is 0 Å². The van der Waals surface area contributed by atoms with Crippen molar-refractivity contribution in [1.82, 2.24) is 0 Å². The van der Waals surface area contributed by atoms with Gasteiger partial charge in [0, 0.05) is 20.1 Å². The Bertz CT molecular complexity index is 153. The maximum Gasteiger partial charge on any atom is 0.161 e. The van der Waals surface area contributed by atoms with Crippen molar-refractivity contribution in [3.63, 3.8) is 0 Å². The van der Waals surface area contributed by atoms with E-state index in [1.54, 1.807) is 7.11 Å². The zero-order valence-electron chi connectivity index (χ0n) is 9.45. The van der Waals surface area contributed by atoms with E-state index in [9.17, 15) is 9.90 Å². The van der Waals surface area contributed by atoms with Crippen molar-refractivity contribution in [2.75, 3.05) is 13.7 Å². The molecule has 1 atom stereocenters. The van der Waals surface area contributed by atoms with E-state index < -0.39 is 6.10 Å². The van der Waals surface area contributed by atoms with E-state index >= 15 is 0 Å². The molecule has 0 saturated carbocycles. The summed E-state index contributed by atoms with van der Waals surface area (Å²) in [5.74, 6) is 0.0702. The zero-order chi connectivity index (χ0) is 11.0. The number of aliphatic hydroxyl groups is 1. The Morgan fingerprint density at radius 2 is 1.93 bits per heavy atom. The lowest BCUT2D eigenvalue weighted by Crippen LogP contribution is -2.28. The number of methoxy groups -OCH3 is 1. The molecule has 0 aromatic rings. The van der Waals surface area contributed by atoms with Crippen LogP contribution in [0, 0.1) is 5.92 Å². The molecule has 3 nitrogen and oxygen atoms in total. The second-order valence-corrected chi connectivity index (χ2v) is 3.58. The van der Waals surface area contributed by atoms with Gasteiger partial charge in [-0.2, -0.15) is 0 Å². The number of hydrogen-bond acceptors (Lipinski definition) is 3. The summed E-state index contributed by atoms with van der Waals surface area (Å²) in [6.07, 6.45) is 2.06. The third-order valence-electron chi connectivity index (χ3n) is 2.60. The standard InChI is InChI=1S/C11H22O3/c1-4-9(5-2)11(13)10(12)7-6-8-14-3/h9,11,13H,4-8H2,1-3H3. The molecule has 84 valence electrons. The van der Waals surface area contributed by atoms with Crippen molar-refractivity contribution in [2.24, 2.45) is 5.92 Å². The molecule has 0 rings (SSSR count). The number of aliphatic hydroxyl groups excluding tert-OH is 1. The van der Waals surface area contributed by atoms with Crippen LogP contribution in [0.15, 0.2) is 0 Å². The molecule has 0 bridgehead atoms. The summed E-state index contributed by atoms with van der Waals surface area (Å²) in [5.41, 5.74) is 0. The number of ether oxygens (including phenoxy) is 1. The lowest BCUT2D eigenvalue weighted by molar-refractivity contribution is -0.130. The van der Waals surface area contributed by atoms with Gasteiger partial charge in [-0.1, -0.05) is 26.7 Å². The Balaban J connectivity index is 3.84. The Labute approximate surface area is 86.5 Å². The minimum atomic E-state index is -0.776. The SMILES string of the molecule is CCC(CC)C(O)C(=O)CCCOC. The van der Waals surface area contributed by atoms with Gasteiger partial charge in [-0.05, 0) is 12.3 Å². The van der Waals surface area contributed by atoms with Crippen LogP contribution in [0.5, 0.6) is 0 Å². The number of carbonyl (C=O) groups excluding carboxylic acids is 1. The van der Waals surface area contributed by atoms with Crippen LogP contribution in [-0.4, -0.2) is 30.7 Å². The lowest BCUT2D eigenvalue weighted by Gasteiger charge is -2.18. The molecule has 0 aromatic heterocycles. The number of rotatable bonds is 8. The van der Waals surface area contributed by atoms with Crippen LogP contribution in [-0.2, 0) is 9.53 Å². The fourth-order valence-corrected chi connectivity index (χ4v) is 1.54. The first kappa shape index (κ1) is 13.6. The largest absolute Gasteiger partial charge is 0.385 e. The Morgan fingerprint density at radius 3 is 2.36 bits per heavy atom. The van der Waals surface area contributed by atoms with Gasteiger partial charge in [0.1, 0.15) is 6.10 Å². The minimum absolute atomic E-state index is 0.0456. The molecule has 1 unspecified atom stereocenters. The Kier molecular flexibility index (Phi) is 7.71. The summed E-state index contributed by atoms with van der Waals surface area (Å²) in [5, 5.41) is 9.69. The Morgan fingerprint density at radius 1 is 1.36 bits per heavy atom. The molecule has 0 aliphatic rings. The van der Waals surface area contributed by atoms with Crippen molar-refractivity contribution >= 4 is 5.78 Å². The van der Waals surface area contributed by atoms with Gasteiger partial charge in [-0.3, -0.25) is 4.79 Å². The fraction of sp³-hybridized carbons (Fsp3) is 0.909. The van der Waals surface area contributed by atoms with Gasteiger partial charge >= 0.3 is 0 Å². The molecule has 0 saturated heterocycles. The summed E-state index contributed by atoms with van der Waals surface area (Å²) >= 11 is 0. The highest BCUT2D eigenvalue weighted by Gasteiger charge is 2.22. The molecule has 0 amide bonds. The second-order valence-electron chi connectivity index (χ2n) is 3.58. The number of hydrogen-bond donors (Lipinski definition) is 1. The first-order valence-corrected chi connectivity index (χ1v) is 5.37. The molecule has 0 fully saturated rings. The average Bonchev–Trinajstić information content (AvgIpc) is 2.19. The van der Waals surface area contributed by atoms with Crippen LogP contribution < -0.4 is 0 Å². The summed E-state index contributed by atoms with van der Waals surface area (Å²) in [6, 6.07) is 0. The molecule has 0 radical (unpaired) electrons. The van der Waals surface area contributed by atoms with Crippen LogP contribution in [0.25, 0.3) is 0 Å². The smallest absolute Gasteiger partial charge is 0.161 e. The molecule has 0 aliphatic carbocycles. The van der Waals surface area contributed by atoms with E-state index in [2.05, 4.69) is 0 Å². The molecular weight excluding hydrogens is 180 g/mol. The predicted molar refractivity (Wildman–Crippen MR) is 56.2 cm³/mol. The molecule has 0 heterocycles. The maximum atomic E-state index is 11.5. The van der Waals surface area contributed by atoms with Crippen LogP contribution in [0.3, 0.4) is 0 Å². The van der Waals surface area contributed by atoms with Crippen LogP contribution >= 0.6 is 0 Å². The van der Waals surface area contributed by atoms with Gasteiger partial charge in [0.25, 0.3) is 0 Å². The average molecular weight is 202 g/mol. The molecule has 3 heteroatoms. The van der Waals surface area contributed by atoms with Gasteiger partial charge in [0.05, 0.1) is 0 Å². The molecular formula is C11H22O3. The van der Waals surface area contributed by atoms with Crippen molar-refractivity contribution in [3.05, 3.63) is 0 Å². The highest BCUT2D eigenvalue weighted by molar-refractivity contribution is 5.83. The normalized spacial score (nSPS) is 13.2. The second kappa shape index (κ2) is 7.94. The number of carbonyl (C=O) groups is 1. The van der Waals surface area contributed by atoms with E-state index in [0.29, 0.717) is 19.4 Å². The Hall–Kier alpha value is -0.410. The first-order chi connectivity index (χ1) is 6.67.